The topological polar surface area (TPSA) is 0 Å². The van der Waals surface area contributed by atoms with Crippen molar-refractivity contribution >= 4 is 56.6 Å². The number of halogens is 2. The predicted molar refractivity (Wildman–Crippen MR) is 90.2 cm³/mol. The van der Waals surface area contributed by atoms with Gasteiger partial charge in [0.15, 0.2) is 0 Å². The lowest BCUT2D eigenvalue weighted by Gasteiger charge is -2.59. The zero-order valence-electron chi connectivity index (χ0n) is 12.3. The van der Waals surface area contributed by atoms with E-state index in [4.69, 9.17) is 20.1 Å². The van der Waals surface area contributed by atoms with Crippen molar-refractivity contribution in [2.45, 2.75) is 62.1 Å². The molecule has 0 aromatic carbocycles. The number of hydrogen-bond donors (Lipinski definition) is 0. The average molecular weight is 329 g/mol. The molecule has 0 aromatic rings. The van der Waals surface area contributed by atoms with Crippen LogP contribution in [0, 0.1) is 0 Å². The first-order valence-electron chi connectivity index (χ1n) is 5.98. The zero-order valence-corrected chi connectivity index (χ0v) is 18.0. The van der Waals surface area contributed by atoms with Gasteiger partial charge in [0, 0.05) is 24.2 Å². The lowest BCUT2D eigenvalue weighted by Crippen LogP contribution is -2.70. The highest BCUT2D eigenvalue weighted by molar-refractivity contribution is 7.48. The van der Waals surface area contributed by atoms with Crippen molar-refractivity contribution in [2.24, 2.45) is 0 Å². The molecule has 0 amide bonds. The van der Waals surface area contributed by atoms with Crippen LogP contribution in [0.3, 0.4) is 0 Å². The molecule has 0 rings (SSSR count). The van der Waals surface area contributed by atoms with Gasteiger partial charge in [-0.2, -0.15) is 0 Å². The van der Waals surface area contributed by atoms with E-state index in [1.165, 1.54) is 0 Å². The molecule has 0 aromatic heterocycles. The maximum Gasteiger partial charge on any atom is 0.517 e. The van der Waals surface area contributed by atoms with Crippen molar-refractivity contribution in [3.8, 4) is 0 Å². The Balaban J connectivity index is 6.05. The molecule has 0 saturated heterocycles. The molecule has 0 spiro atoms. The van der Waals surface area contributed by atoms with Crippen LogP contribution in [-0.4, -0.2) is 36.5 Å². The normalized spacial score (nSPS) is 15.2. The summed E-state index contributed by atoms with van der Waals surface area (Å²) in [6, 6.07) is 0. The number of rotatable bonds is 4. The smallest absolute Gasteiger partial charge is 0.234 e. The first-order chi connectivity index (χ1) is 6.69. The van der Waals surface area contributed by atoms with E-state index in [1.54, 1.807) is 0 Å². The van der Waals surface area contributed by atoms with Crippen molar-refractivity contribution in [1.29, 1.82) is 0 Å². The van der Waals surface area contributed by atoms with Gasteiger partial charge in [-0.05, 0) is 0 Å². The van der Waals surface area contributed by atoms with Gasteiger partial charge in [0.1, 0.15) is 0 Å². The van der Waals surface area contributed by atoms with Crippen LogP contribution < -0.4 is 0 Å². The molecule has 0 aliphatic rings. The fourth-order valence-corrected chi connectivity index (χ4v) is 56.9. The maximum absolute atomic E-state index is 6.66. The van der Waals surface area contributed by atoms with Gasteiger partial charge in [-0.15, -0.1) is 0 Å². The largest absolute Gasteiger partial charge is 0.517 e. The fourth-order valence-electron chi connectivity index (χ4n) is 4.36. The second-order valence-electron chi connectivity index (χ2n) is 7.86. The minimum Gasteiger partial charge on any atom is -0.234 e. The van der Waals surface area contributed by atoms with Crippen LogP contribution in [0.4, 0.5) is 0 Å². The van der Waals surface area contributed by atoms with Crippen molar-refractivity contribution < 1.29 is 0 Å². The summed E-state index contributed by atoms with van der Waals surface area (Å²) in [5.41, 5.74) is 0. The third kappa shape index (κ3) is 2.84. The van der Waals surface area contributed by atoms with E-state index in [0.717, 1.165) is 0 Å². The molecule has 0 aliphatic carbocycles. The summed E-state index contributed by atoms with van der Waals surface area (Å²) in [5, 5.41) is 0. The summed E-state index contributed by atoms with van der Waals surface area (Å²) in [5.74, 6) is 0. The third-order valence-electron chi connectivity index (χ3n) is 3.88. The molecule has 0 atom stereocenters. The molecule has 0 fully saturated rings. The third-order valence-corrected chi connectivity index (χ3v) is 40.8. The van der Waals surface area contributed by atoms with Gasteiger partial charge >= 0.3 is 12.3 Å². The lowest BCUT2D eigenvalue weighted by molar-refractivity contribution is 1.24. The van der Waals surface area contributed by atoms with Crippen molar-refractivity contribution in [1.82, 2.24) is 0 Å². The Hall–Kier alpha value is 1.76. The Kier molecular flexibility index (Phi) is 5.59. The molecular formula is C10H27AlCl2Si3. The summed E-state index contributed by atoms with van der Waals surface area (Å²) in [7, 11) is 9.28. The van der Waals surface area contributed by atoms with Gasteiger partial charge in [0.2, 0.25) is 0 Å². The van der Waals surface area contributed by atoms with Crippen LogP contribution in [0.15, 0.2) is 0 Å². The van der Waals surface area contributed by atoms with E-state index in [-0.39, 0.29) is 0 Å². The van der Waals surface area contributed by atoms with Gasteiger partial charge < -0.3 is 0 Å². The van der Waals surface area contributed by atoms with Crippen LogP contribution in [0.1, 0.15) is 0 Å². The molecule has 0 unspecified atom stereocenters. The monoisotopic (exact) mass is 328 g/mol. The van der Waals surface area contributed by atoms with Crippen LogP contribution in [-0.2, 0) is 0 Å². The van der Waals surface area contributed by atoms with Crippen molar-refractivity contribution in [2.75, 3.05) is 0 Å². The minimum absolute atomic E-state index is 0.399. The van der Waals surface area contributed by atoms with Crippen molar-refractivity contribution in [3.63, 3.8) is 0 Å². The highest BCUT2D eigenvalue weighted by Crippen LogP contribution is 2.57. The molecule has 0 heterocycles. The summed E-state index contributed by atoms with van der Waals surface area (Å²) in [6.07, 6.45) is 0. The standard InChI is InChI=1S/C10H27Si3.Al.2ClH/c1-11(2,3)10(12(4,5)6)13(7,8)9;;;/h1-9H3;;2*1H/q;+2;;/p-2. The van der Waals surface area contributed by atoms with Gasteiger partial charge in [-0.1, -0.05) is 62.1 Å². The average Bonchev–Trinajstić information content (AvgIpc) is 1.71. The Bertz CT molecular complexity index is 212. The van der Waals surface area contributed by atoms with Gasteiger partial charge in [0.25, 0.3) is 0 Å². The SMILES string of the molecule is C[Si](C)(C)[C]([Al]([Cl])[Cl])([Si](C)(C)C)[Si](C)(C)C. The van der Waals surface area contributed by atoms with Crippen LogP contribution >= 0.6 is 20.1 Å². The zero-order chi connectivity index (χ0) is 13.6. The van der Waals surface area contributed by atoms with E-state index in [0.29, 0.717) is 3.15 Å². The van der Waals surface area contributed by atoms with Crippen LogP contribution in [0.5, 0.6) is 0 Å². The van der Waals surface area contributed by atoms with E-state index < -0.39 is 36.5 Å². The Morgan fingerprint density at radius 1 is 0.625 bits per heavy atom. The van der Waals surface area contributed by atoms with Crippen molar-refractivity contribution in [3.05, 3.63) is 0 Å². The van der Waals surface area contributed by atoms with E-state index >= 15 is 0 Å². The van der Waals surface area contributed by atoms with E-state index in [9.17, 15) is 0 Å². The lowest BCUT2D eigenvalue weighted by atomic mass is 11.6. The Morgan fingerprint density at radius 2 is 0.812 bits per heavy atom. The van der Waals surface area contributed by atoms with E-state index in [2.05, 4.69) is 58.9 Å². The molecule has 0 bridgehead atoms. The second-order valence-corrected chi connectivity index (χ2v) is 31.7. The first kappa shape index (κ1) is 17.8. The molecule has 0 aliphatic heterocycles. The van der Waals surface area contributed by atoms with Crippen LogP contribution in [0.25, 0.3) is 0 Å². The predicted octanol–water partition coefficient (Wildman–Crippen LogP) is 5.32. The number of hydrogen-bond acceptors (Lipinski definition) is 0. The maximum atomic E-state index is 6.66. The fraction of sp³-hybridized carbons (Fsp3) is 1.00. The summed E-state index contributed by atoms with van der Waals surface area (Å²) in [6.45, 7) is 22.3. The van der Waals surface area contributed by atoms with Gasteiger partial charge in [-0.25, -0.2) is 20.1 Å². The highest BCUT2D eigenvalue weighted by atomic mass is 35.7. The molecule has 0 nitrogen and oxygen atoms in total. The molecule has 16 heavy (non-hydrogen) atoms. The van der Waals surface area contributed by atoms with Crippen LogP contribution in [0.2, 0.25) is 62.1 Å². The molecular weight excluding hydrogens is 302 g/mol. The second kappa shape index (κ2) is 5.03. The first-order valence-corrected chi connectivity index (χ1v) is 20.5. The van der Waals surface area contributed by atoms with E-state index in [1.807, 2.05) is 0 Å². The molecule has 96 valence electrons. The molecule has 6 heteroatoms. The highest BCUT2D eigenvalue weighted by Gasteiger charge is 2.65. The molecule has 0 saturated carbocycles. The quantitative estimate of drug-likeness (QED) is 0.612. The minimum atomic E-state index is -1.67. The Morgan fingerprint density at radius 3 is 0.812 bits per heavy atom. The summed E-state index contributed by atoms with van der Waals surface area (Å²) < 4.78 is 0.399. The molecule has 0 radical (unpaired) electrons. The summed E-state index contributed by atoms with van der Waals surface area (Å²) >= 11 is -1.67. The van der Waals surface area contributed by atoms with Gasteiger partial charge in [0.05, 0.1) is 0 Å². The summed E-state index contributed by atoms with van der Waals surface area (Å²) in [4.78, 5) is 0. The molecule has 0 N–H and O–H groups in total. The Labute approximate surface area is 118 Å². The van der Waals surface area contributed by atoms with Gasteiger partial charge in [-0.3, -0.25) is 0 Å².